The Balaban J connectivity index is 2.73. The van der Waals surface area contributed by atoms with Crippen molar-refractivity contribution in [3.05, 3.63) is 0 Å². The molecule has 0 rings (SSSR count). The van der Waals surface area contributed by atoms with Gasteiger partial charge in [0.2, 0.25) is 0 Å². The van der Waals surface area contributed by atoms with Crippen molar-refractivity contribution in [3.63, 3.8) is 0 Å². The Labute approximate surface area is 75.4 Å². The minimum atomic E-state index is 0.629. The Morgan fingerprint density at radius 1 is 1.08 bits per heavy atom. The molecule has 0 amide bonds. The fraction of sp³-hybridized carbons (Fsp3) is 1.00. The Hall–Kier alpha value is -0.120. The van der Waals surface area contributed by atoms with Crippen LogP contribution >= 0.6 is 0 Å². The maximum Gasteiger partial charge on any atom is 0.0915 e. The lowest BCUT2D eigenvalue weighted by Crippen LogP contribution is -2.18. The van der Waals surface area contributed by atoms with Gasteiger partial charge in [0.1, 0.15) is 0 Å². The van der Waals surface area contributed by atoms with Crippen LogP contribution in [0.2, 0.25) is 0 Å². The fourth-order valence-corrected chi connectivity index (χ4v) is 0.893. The second kappa shape index (κ2) is 10.9. The number of hydrogen-bond acceptors (Lipinski definition) is 3. The highest BCUT2D eigenvalue weighted by atomic mass is 16.7. The van der Waals surface area contributed by atoms with Gasteiger partial charge in [-0.1, -0.05) is 26.2 Å². The van der Waals surface area contributed by atoms with Crippen LogP contribution in [0.25, 0.3) is 0 Å². The largest absolute Gasteiger partial charge is 0.382 e. The van der Waals surface area contributed by atoms with Crippen LogP contribution in [0, 0.1) is 0 Å². The molecule has 0 saturated heterocycles. The fourth-order valence-electron chi connectivity index (χ4n) is 0.893. The molecule has 0 bridgehead atoms. The van der Waals surface area contributed by atoms with Crippen LogP contribution < -0.4 is 5.48 Å². The van der Waals surface area contributed by atoms with Crippen LogP contribution in [-0.4, -0.2) is 26.9 Å². The van der Waals surface area contributed by atoms with E-state index in [1.807, 2.05) is 0 Å². The van der Waals surface area contributed by atoms with Crippen molar-refractivity contribution in [3.8, 4) is 0 Å². The van der Waals surface area contributed by atoms with Gasteiger partial charge in [0.15, 0.2) is 0 Å². The number of ether oxygens (including phenoxy) is 1. The normalized spacial score (nSPS) is 10.5. The molecule has 0 spiro atoms. The average Bonchev–Trinajstić information content (AvgIpc) is 2.10. The van der Waals surface area contributed by atoms with E-state index < -0.39 is 0 Å². The predicted octanol–water partition coefficient (Wildman–Crippen LogP) is 1.73. The second-order valence-corrected chi connectivity index (χ2v) is 2.80. The molecule has 0 aliphatic heterocycles. The number of methoxy groups -OCH3 is 1. The molecule has 0 aliphatic rings. The van der Waals surface area contributed by atoms with Gasteiger partial charge >= 0.3 is 0 Å². The van der Waals surface area contributed by atoms with Gasteiger partial charge in [-0.25, -0.2) is 5.48 Å². The number of unbranched alkanes of at least 4 members (excludes halogenated alkanes) is 3. The zero-order valence-corrected chi connectivity index (χ0v) is 8.27. The Bertz CT molecular complexity index is 68.9. The first-order valence-corrected chi connectivity index (χ1v) is 4.75. The first kappa shape index (κ1) is 11.9. The maximum atomic E-state index is 5.08. The van der Waals surface area contributed by atoms with E-state index in [-0.39, 0.29) is 0 Å². The van der Waals surface area contributed by atoms with Gasteiger partial charge in [-0.05, 0) is 6.42 Å². The van der Waals surface area contributed by atoms with Crippen molar-refractivity contribution in [1.29, 1.82) is 0 Å². The summed E-state index contributed by atoms with van der Waals surface area (Å²) in [5, 5.41) is 0. The van der Waals surface area contributed by atoms with E-state index in [2.05, 4.69) is 12.4 Å². The van der Waals surface area contributed by atoms with Crippen LogP contribution in [0.1, 0.15) is 32.6 Å². The zero-order valence-electron chi connectivity index (χ0n) is 8.27. The van der Waals surface area contributed by atoms with Crippen LogP contribution in [-0.2, 0) is 9.57 Å². The molecule has 3 nitrogen and oxygen atoms in total. The standard InChI is InChI=1S/C9H21NO2/c1-3-4-5-6-7-10-12-9-8-11-2/h10H,3-9H2,1-2H3. The number of hydrogen-bond donors (Lipinski definition) is 1. The van der Waals surface area contributed by atoms with E-state index in [4.69, 9.17) is 9.57 Å². The van der Waals surface area contributed by atoms with E-state index in [1.54, 1.807) is 7.11 Å². The van der Waals surface area contributed by atoms with Crippen molar-refractivity contribution in [2.75, 3.05) is 26.9 Å². The van der Waals surface area contributed by atoms with Gasteiger partial charge in [0, 0.05) is 13.7 Å². The molecule has 74 valence electrons. The summed E-state index contributed by atoms with van der Waals surface area (Å²) in [5.74, 6) is 0. The molecule has 0 aromatic rings. The summed E-state index contributed by atoms with van der Waals surface area (Å²) in [7, 11) is 1.67. The molecular weight excluding hydrogens is 154 g/mol. The Morgan fingerprint density at radius 2 is 1.92 bits per heavy atom. The summed E-state index contributed by atoms with van der Waals surface area (Å²) in [6.45, 7) is 4.44. The van der Waals surface area contributed by atoms with Crippen LogP contribution in [0.5, 0.6) is 0 Å². The third-order valence-electron chi connectivity index (χ3n) is 1.62. The van der Waals surface area contributed by atoms with E-state index in [1.165, 1.54) is 25.7 Å². The highest BCUT2D eigenvalue weighted by Crippen LogP contribution is 1.96. The Morgan fingerprint density at radius 3 is 2.58 bits per heavy atom. The summed E-state index contributed by atoms with van der Waals surface area (Å²) in [6, 6.07) is 0. The van der Waals surface area contributed by atoms with Crippen molar-refractivity contribution >= 4 is 0 Å². The van der Waals surface area contributed by atoms with Crippen LogP contribution in [0.15, 0.2) is 0 Å². The summed E-state index contributed by atoms with van der Waals surface area (Å²) >= 11 is 0. The molecule has 3 heteroatoms. The lowest BCUT2D eigenvalue weighted by molar-refractivity contribution is 0.00645. The first-order valence-electron chi connectivity index (χ1n) is 4.75. The van der Waals surface area contributed by atoms with E-state index in [9.17, 15) is 0 Å². The second-order valence-electron chi connectivity index (χ2n) is 2.80. The molecule has 0 saturated carbocycles. The summed E-state index contributed by atoms with van der Waals surface area (Å²) in [6.07, 6.45) is 5.09. The number of nitrogens with one attached hydrogen (secondary N) is 1. The highest BCUT2D eigenvalue weighted by molar-refractivity contribution is 4.40. The monoisotopic (exact) mass is 175 g/mol. The van der Waals surface area contributed by atoms with Gasteiger partial charge in [0.05, 0.1) is 13.2 Å². The molecule has 12 heavy (non-hydrogen) atoms. The van der Waals surface area contributed by atoms with Gasteiger partial charge in [0.25, 0.3) is 0 Å². The molecule has 0 atom stereocenters. The van der Waals surface area contributed by atoms with Crippen molar-refractivity contribution in [1.82, 2.24) is 5.48 Å². The third-order valence-corrected chi connectivity index (χ3v) is 1.62. The molecular formula is C9H21NO2. The third kappa shape index (κ3) is 9.88. The first-order chi connectivity index (χ1) is 5.91. The number of rotatable bonds is 9. The SMILES string of the molecule is CCCCCCNOCCOC. The highest BCUT2D eigenvalue weighted by Gasteiger charge is 1.88. The van der Waals surface area contributed by atoms with Gasteiger partial charge in [-0.2, -0.15) is 0 Å². The molecule has 0 radical (unpaired) electrons. The molecule has 0 aromatic heterocycles. The quantitative estimate of drug-likeness (QED) is 0.427. The van der Waals surface area contributed by atoms with Crippen molar-refractivity contribution in [2.24, 2.45) is 0 Å². The van der Waals surface area contributed by atoms with Crippen molar-refractivity contribution in [2.45, 2.75) is 32.6 Å². The predicted molar refractivity (Wildman–Crippen MR) is 50.0 cm³/mol. The molecule has 0 fully saturated rings. The molecule has 1 N–H and O–H groups in total. The minimum absolute atomic E-state index is 0.629. The lowest BCUT2D eigenvalue weighted by Gasteiger charge is -2.04. The van der Waals surface area contributed by atoms with Crippen LogP contribution in [0.4, 0.5) is 0 Å². The van der Waals surface area contributed by atoms with Gasteiger partial charge < -0.3 is 4.74 Å². The molecule has 0 aliphatic carbocycles. The number of hydroxylamine groups is 1. The van der Waals surface area contributed by atoms with Gasteiger partial charge in [-0.15, -0.1) is 0 Å². The summed E-state index contributed by atoms with van der Waals surface area (Å²) < 4.78 is 4.82. The Kier molecular flexibility index (Phi) is 10.8. The summed E-state index contributed by atoms with van der Waals surface area (Å²) in [5.41, 5.74) is 2.90. The van der Waals surface area contributed by atoms with E-state index >= 15 is 0 Å². The minimum Gasteiger partial charge on any atom is -0.382 e. The smallest absolute Gasteiger partial charge is 0.0915 e. The van der Waals surface area contributed by atoms with Gasteiger partial charge in [-0.3, -0.25) is 4.84 Å². The average molecular weight is 175 g/mol. The molecule has 0 heterocycles. The molecule has 0 aromatic carbocycles. The zero-order chi connectivity index (χ0) is 9.07. The topological polar surface area (TPSA) is 30.5 Å². The molecule has 0 unspecified atom stereocenters. The summed E-state index contributed by atoms with van der Waals surface area (Å²) in [4.78, 5) is 5.08. The van der Waals surface area contributed by atoms with E-state index in [0.29, 0.717) is 13.2 Å². The maximum absolute atomic E-state index is 5.08. The van der Waals surface area contributed by atoms with Crippen molar-refractivity contribution < 1.29 is 9.57 Å². The lowest BCUT2D eigenvalue weighted by atomic mass is 10.2. The van der Waals surface area contributed by atoms with E-state index in [0.717, 1.165) is 6.54 Å². The van der Waals surface area contributed by atoms with Crippen LogP contribution in [0.3, 0.4) is 0 Å².